The second-order valence-corrected chi connectivity index (χ2v) is 8.65. The summed E-state index contributed by atoms with van der Waals surface area (Å²) < 4.78 is 17.7. The smallest absolute Gasteiger partial charge is 0.241 e. The molecule has 1 saturated carbocycles. The van der Waals surface area contributed by atoms with Crippen LogP contribution in [0.3, 0.4) is 0 Å². The third kappa shape index (κ3) is 8.84. The molecule has 33 heavy (non-hydrogen) atoms. The molecule has 1 aromatic carbocycles. The maximum atomic E-state index is 12.1. The molecule has 1 aromatic rings. The topological polar surface area (TPSA) is 84.4 Å². The van der Waals surface area contributed by atoms with Gasteiger partial charge in [0.05, 0.1) is 32.4 Å². The molecule has 1 aliphatic heterocycles. The summed E-state index contributed by atoms with van der Waals surface area (Å²) in [7, 11) is 5.15. The zero-order chi connectivity index (χ0) is 22.8. The Hall–Kier alpha value is -1.75. The highest BCUT2D eigenvalue weighted by Crippen LogP contribution is 2.35. The van der Waals surface area contributed by atoms with E-state index in [4.69, 9.17) is 19.2 Å². The van der Waals surface area contributed by atoms with Crippen LogP contribution < -0.4 is 20.1 Å². The van der Waals surface area contributed by atoms with Gasteiger partial charge in [-0.2, -0.15) is 0 Å². The summed E-state index contributed by atoms with van der Waals surface area (Å²) in [6, 6.07) is 5.89. The molecule has 2 fully saturated rings. The average Bonchev–Trinajstić information content (AvgIpc) is 3.32. The van der Waals surface area contributed by atoms with Crippen molar-refractivity contribution < 1.29 is 19.0 Å². The molecule has 3 rings (SSSR count). The molecule has 2 N–H and O–H groups in total. The van der Waals surface area contributed by atoms with Crippen molar-refractivity contribution in [3.8, 4) is 11.5 Å². The fourth-order valence-electron chi connectivity index (χ4n) is 3.99. The zero-order valence-electron chi connectivity index (χ0n) is 20.1. The lowest BCUT2D eigenvalue weighted by atomic mass is 10.1. The van der Waals surface area contributed by atoms with Crippen LogP contribution in [0, 0.1) is 0 Å². The van der Waals surface area contributed by atoms with Gasteiger partial charge in [-0.25, -0.2) is 4.99 Å². The number of para-hydroxylation sites is 1. The van der Waals surface area contributed by atoms with Gasteiger partial charge in [0.2, 0.25) is 5.91 Å². The number of ether oxygens (including phenoxy) is 3. The van der Waals surface area contributed by atoms with Crippen molar-refractivity contribution in [1.82, 2.24) is 15.5 Å². The summed E-state index contributed by atoms with van der Waals surface area (Å²) >= 11 is 0. The largest absolute Gasteiger partial charge is 0.493 e. The molecule has 9 heteroatoms. The van der Waals surface area contributed by atoms with E-state index in [1.165, 1.54) is 19.3 Å². The first-order valence-corrected chi connectivity index (χ1v) is 11.7. The Kier molecular flexibility index (Phi) is 12.1. The number of amides is 1. The van der Waals surface area contributed by atoms with Crippen molar-refractivity contribution in [3.05, 3.63) is 23.8 Å². The zero-order valence-corrected chi connectivity index (χ0v) is 22.4. The van der Waals surface area contributed by atoms with Gasteiger partial charge < -0.3 is 29.7 Å². The van der Waals surface area contributed by atoms with Crippen LogP contribution in [0.1, 0.15) is 50.5 Å². The average molecular weight is 575 g/mol. The molecule has 1 heterocycles. The van der Waals surface area contributed by atoms with Crippen molar-refractivity contribution in [2.24, 2.45) is 4.99 Å². The number of nitrogens with zero attached hydrogens (tertiary/aromatic N) is 2. The minimum atomic E-state index is -0.0138. The standard InChI is InChI=1S/C24H38N4O4.HI/c1-28(2)22(29)17-27-24(26-16-20-12-6-7-14-31-20)25-15-18-9-8-13-21(30-3)23(18)32-19-10-4-5-11-19;/h8-9,13,19-20H,4-7,10-12,14-17H2,1-3H3,(H2,25,26,27);1H. The van der Waals surface area contributed by atoms with Crippen LogP contribution in [-0.4, -0.2) is 69.9 Å². The van der Waals surface area contributed by atoms with Crippen LogP contribution in [0.15, 0.2) is 23.2 Å². The third-order valence-corrected chi connectivity index (χ3v) is 5.95. The highest BCUT2D eigenvalue weighted by Gasteiger charge is 2.21. The number of hydrogen-bond acceptors (Lipinski definition) is 5. The van der Waals surface area contributed by atoms with Crippen LogP contribution in [0.5, 0.6) is 11.5 Å². The van der Waals surface area contributed by atoms with Crippen LogP contribution in [0.2, 0.25) is 0 Å². The number of nitrogens with one attached hydrogen (secondary N) is 2. The lowest BCUT2D eigenvalue weighted by Crippen LogP contribution is -2.45. The van der Waals surface area contributed by atoms with E-state index in [0.29, 0.717) is 19.0 Å². The molecular formula is C24H39IN4O4. The number of likely N-dealkylation sites (N-methyl/N-ethyl adjacent to an activating group) is 1. The van der Waals surface area contributed by atoms with Crippen LogP contribution in [0.25, 0.3) is 0 Å². The number of hydrogen-bond donors (Lipinski definition) is 2. The quantitative estimate of drug-likeness (QED) is 0.268. The van der Waals surface area contributed by atoms with Crippen molar-refractivity contribution in [2.45, 2.75) is 63.7 Å². The summed E-state index contributed by atoms with van der Waals surface area (Å²) in [4.78, 5) is 18.4. The van der Waals surface area contributed by atoms with E-state index < -0.39 is 0 Å². The molecule has 1 aliphatic carbocycles. The minimum absolute atomic E-state index is 0. The van der Waals surface area contributed by atoms with Crippen LogP contribution >= 0.6 is 24.0 Å². The van der Waals surface area contributed by atoms with E-state index >= 15 is 0 Å². The number of aliphatic imine (C=N–C) groups is 1. The Labute approximate surface area is 214 Å². The van der Waals surface area contributed by atoms with Gasteiger partial charge in [0, 0.05) is 32.8 Å². The monoisotopic (exact) mass is 574 g/mol. The maximum absolute atomic E-state index is 12.1. The summed E-state index contributed by atoms with van der Waals surface area (Å²) in [6.07, 6.45) is 8.27. The second-order valence-electron chi connectivity index (χ2n) is 8.65. The van der Waals surface area contributed by atoms with Crippen molar-refractivity contribution in [2.75, 3.05) is 40.9 Å². The Balaban J connectivity index is 0.00000385. The summed E-state index contributed by atoms with van der Waals surface area (Å²) in [5.74, 6) is 2.07. The number of guanidine groups is 1. The molecular weight excluding hydrogens is 535 g/mol. The van der Waals surface area contributed by atoms with Gasteiger partial charge >= 0.3 is 0 Å². The molecule has 1 atom stereocenters. The van der Waals surface area contributed by atoms with E-state index in [9.17, 15) is 4.79 Å². The molecule has 0 spiro atoms. The van der Waals surface area contributed by atoms with Crippen LogP contribution in [0.4, 0.5) is 0 Å². The molecule has 8 nitrogen and oxygen atoms in total. The first kappa shape index (κ1) is 27.5. The number of methoxy groups -OCH3 is 1. The van der Waals surface area contributed by atoms with E-state index in [0.717, 1.165) is 49.4 Å². The first-order chi connectivity index (χ1) is 15.6. The van der Waals surface area contributed by atoms with Crippen molar-refractivity contribution >= 4 is 35.8 Å². The SMILES string of the molecule is COc1cccc(CN=C(NCC(=O)N(C)C)NCC2CCCCO2)c1OC1CCCC1.I. The summed E-state index contributed by atoms with van der Waals surface area (Å²) in [6.45, 7) is 2.05. The number of carbonyl (C=O) groups is 1. The molecule has 1 unspecified atom stereocenters. The Bertz CT molecular complexity index is 763. The molecule has 2 aliphatic rings. The molecule has 0 radical (unpaired) electrons. The number of benzene rings is 1. The fourth-order valence-corrected chi connectivity index (χ4v) is 3.99. The number of carbonyl (C=O) groups excluding carboxylic acids is 1. The van der Waals surface area contributed by atoms with Gasteiger partial charge in [0.25, 0.3) is 0 Å². The minimum Gasteiger partial charge on any atom is -0.493 e. The third-order valence-electron chi connectivity index (χ3n) is 5.95. The lowest BCUT2D eigenvalue weighted by Gasteiger charge is -2.24. The van der Waals surface area contributed by atoms with Gasteiger partial charge in [-0.1, -0.05) is 12.1 Å². The maximum Gasteiger partial charge on any atom is 0.241 e. The molecule has 0 bridgehead atoms. The Morgan fingerprint density at radius 1 is 1.15 bits per heavy atom. The predicted molar refractivity (Wildman–Crippen MR) is 141 cm³/mol. The predicted octanol–water partition coefficient (Wildman–Crippen LogP) is 3.33. The molecule has 186 valence electrons. The van der Waals surface area contributed by atoms with Gasteiger partial charge in [0.15, 0.2) is 17.5 Å². The van der Waals surface area contributed by atoms with Gasteiger partial charge in [-0.15, -0.1) is 24.0 Å². The lowest BCUT2D eigenvalue weighted by molar-refractivity contribution is -0.127. The van der Waals surface area contributed by atoms with Gasteiger partial charge in [-0.3, -0.25) is 4.79 Å². The number of rotatable bonds is 9. The highest BCUT2D eigenvalue weighted by atomic mass is 127. The van der Waals surface area contributed by atoms with E-state index in [-0.39, 0.29) is 48.6 Å². The number of halogens is 1. The van der Waals surface area contributed by atoms with Crippen molar-refractivity contribution in [1.29, 1.82) is 0 Å². The van der Waals surface area contributed by atoms with E-state index in [2.05, 4.69) is 10.6 Å². The first-order valence-electron chi connectivity index (χ1n) is 11.7. The van der Waals surface area contributed by atoms with Gasteiger partial charge in [0.1, 0.15) is 0 Å². The normalized spacial score (nSPS) is 18.9. The molecule has 1 saturated heterocycles. The Morgan fingerprint density at radius 2 is 1.91 bits per heavy atom. The van der Waals surface area contributed by atoms with E-state index in [1.807, 2.05) is 18.2 Å². The van der Waals surface area contributed by atoms with Crippen molar-refractivity contribution in [3.63, 3.8) is 0 Å². The van der Waals surface area contributed by atoms with Crippen LogP contribution in [-0.2, 0) is 16.1 Å². The summed E-state index contributed by atoms with van der Waals surface area (Å²) in [5.41, 5.74) is 0.963. The van der Waals surface area contributed by atoms with E-state index in [1.54, 1.807) is 26.1 Å². The second kappa shape index (κ2) is 14.5. The highest BCUT2D eigenvalue weighted by molar-refractivity contribution is 14.0. The molecule has 1 amide bonds. The Morgan fingerprint density at radius 3 is 2.58 bits per heavy atom. The van der Waals surface area contributed by atoms with Gasteiger partial charge in [-0.05, 0) is 51.0 Å². The molecule has 0 aromatic heterocycles. The summed E-state index contributed by atoms with van der Waals surface area (Å²) in [5, 5.41) is 6.50. The fraction of sp³-hybridized carbons (Fsp3) is 0.667.